The summed E-state index contributed by atoms with van der Waals surface area (Å²) in [6.45, 7) is 3.63. The van der Waals surface area contributed by atoms with E-state index in [1.807, 2.05) is 17.3 Å². The third-order valence-electron chi connectivity index (χ3n) is 4.43. The van der Waals surface area contributed by atoms with Crippen LogP contribution in [0.15, 0.2) is 43.1 Å². The molecule has 22 heavy (non-hydrogen) atoms. The number of amides is 1. The molecule has 1 saturated heterocycles. The summed E-state index contributed by atoms with van der Waals surface area (Å²) in [5, 5.41) is 0. The molecule has 4 heterocycles. The second-order valence-corrected chi connectivity index (χ2v) is 5.82. The molecule has 0 aliphatic carbocycles. The number of aromatic nitrogens is 3. The van der Waals surface area contributed by atoms with Gasteiger partial charge in [-0.15, -0.1) is 0 Å². The maximum atomic E-state index is 12.2. The first-order valence-electron chi connectivity index (χ1n) is 7.64. The molecule has 112 valence electrons. The number of imidazole rings is 1. The van der Waals surface area contributed by atoms with Crippen LogP contribution in [0.25, 0.3) is 5.52 Å². The Labute approximate surface area is 128 Å². The van der Waals surface area contributed by atoms with Gasteiger partial charge in [0.25, 0.3) is 5.91 Å². The predicted octanol–water partition coefficient (Wildman–Crippen LogP) is 2.46. The van der Waals surface area contributed by atoms with E-state index < -0.39 is 0 Å². The molecule has 4 rings (SSSR count). The van der Waals surface area contributed by atoms with Gasteiger partial charge in [0.05, 0.1) is 23.1 Å². The molecule has 5 heteroatoms. The number of hydrogen-bond acceptors (Lipinski definition) is 2. The van der Waals surface area contributed by atoms with Crippen molar-refractivity contribution in [3.05, 3.63) is 59.9 Å². The predicted molar refractivity (Wildman–Crippen MR) is 84.0 cm³/mol. The van der Waals surface area contributed by atoms with Crippen LogP contribution in [-0.4, -0.2) is 38.3 Å². The Morgan fingerprint density at radius 2 is 2.23 bits per heavy atom. The Bertz CT molecular complexity index is 812. The number of hydrogen-bond donors (Lipinski definition) is 1. The van der Waals surface area contributed by atoms with Crippen LogP contribution in [0.1, 0.15) is 34.5 Å². The summed E-state index contributed by atoms with van der Waals surface area (Å²) in [6, 6.07) is 6.10. The van der Waals surface area contributed by atoms with E-state index in [1.54, 1.807) is 12.4 Å². The molecule has 0 atom stereocenters. The zero-order chi connectivity index (χ0) is 15.1. The van der Waals surface area contributed by atoms with Gasteiger partial charge in [-0.05, 0) is 24.1 Å². The average Bonchev–Trinajstić information content (AvgIpc) is 3.14. The van der Waals surface area contributed by atoms with Gasteiger partial charge in [0, 0.05) is 37.6 Å². The van der Waals surface area contributed by atoms with Gasteiger partial charge in [0.1, 0.15) is 0 Å². The molecule has 1 aliphatic heterocycles. The first-order chi connectivity index (χ1) is 10.8. The normalized spacial score (nSPS) is 15.2. The van der Waals surface area contributed by atoms with Crippen molar-refractivity contribution >= 4 is 11.4 Å². The van der Waals surface area contributed by atoms with Crippen molar-refractivity contribution < 1.29 is 4.79 Å². The third-order valence-corrected chi connectivity index (χ3v) is 4.43. The number of rotatable bonds is 3. The summed E-state index contributed by atoms with van der Waals surface area (Å²) in [6.07, 6.45) is 8.55. The lowest BCUT2D eigenvalue weighted by molar-refractivity contribution is 0.0600. The summed E-state index contributed by atoms with van der Waals surface area (Å²) in [5.74, 6) is 0.426. The fourth-order valence-corrected chi connectivity index (χ4v) is 3.05. The third kappa shape index (κ3) is 2.01. The van der Waals surface area contributed by atoms with E-state index in [-0.39, 0.29) is 5.91 Å². The lowest BCUT2D eigenvalue weighted by Gasteiger charge is -2.38. The van der Waals surface area contributed by atoms with Gasteiger partial charge in [-0.25, -0.2) is 4.98 Å². The molecule has 3 aromatic heterocycles. The minimum absolute atomic E-state index is 0.0919. The van der Waals surface area contributed by atoms with Crippen molar-refractivity contribution in [2.45, 2.75) is 19.3 Å². The van der Waals surface area contributed by atoms with Crippen molar-refractivity contribution in [3.63, 3.8) is 0 Å². The van der Waals surface area contributed by atoms with Gasteiger partial charge in [0.15, 0.2) is 0 Å². The standard InChI is InChI=1S/C17H18N4O/c1-2-12-3-4-15-16(19-11-21(15)8-12)14-9-20(10-14)17(22)13-5-6-18-7-13/h3-8,11,14,18H,2,9-10H2,1H3. The lowest BCUT2D eigenvalue weighted by Crippen LogP contribution is -2.48. The quantitative estimate of drug-likeness (QED) is 0.807. The minimum atomic E-state index is 0.0919. The SMILES string of the molecule is CCc1ccc2c(C3CN(C(=O)c4cc[nH]c4)C3)ncn2c1. The Kier molecular flexibility index (Phi) is 2.99. The van der Waals surface area contributed by atoms with Crippen LogP contribution in [0.3, 0.4) is 0 Å². The summed E-state index contributed by atoms with van der Waals surface area (Å²) in [7, 11) is 0. The molecule has 1 fully saturated rings. The van der Waals surface area contributed by atoms with E-state index in [0.29, 0.717) is 5.92 Å². The number of aromatic amines is 1. The largest absolute Gasteiger partial charge is 0.367 e. The minimum Gasteiger partial charge on any atom is -0.367 e. The molecule has 1 aliphatic rings. The highest BCUT2D eigenvalue weighted by molar-refractivity contribution is 5.94. The van der Waals surface area contributed by atoms with Gasteiger partial charge in [-0.3, -0.25) is 4.79 Å². The van der Waals surface area contributed by atoms with Gasteiger partial charge >= 0.3 is 0 Å². The number of pyridine rings is 1. The second-order valence-electron chi connectivity index (χ2n) is 5.82. The number of aryl methyl sites for hydroxylation is 1. The zero-order valence-corrected chi connectivity index (χ0v) is 12.5. The number of carbonyl (C=O) groups excluding carboxylic acids is 1. The molecule has 1 N–H and O–H groups in total. The van der Waals surface area contributed by atoms with Crippen LogP contribution < -0.4 is 0 Å². The van der Waals surface area contributed by atoms with Gasteiger partial charge in [0.2, 0.25) is 0 Å². The van der Waals surface area contributed by atoms with E-state index in [2.05, 4.69) is 39.6 Å². The molecule has 0 saturated carbocycles. The second kappa shape index (κ2) is 5.02. The first-order valence-corrected chi connectivity index (χ1v) is 7.64. The highest BCUT2D eigenvalue weighted by Crippen LogP contribution is 2.30. The van der Waals surface area contributed by atoms with Gasteiger partial charge in [-0.2, -0.15) is 0 Å². The topological polar surface area (TPSA) is 53.4 Å². The van der Waals surface area contributed by atoms with Crippen LogP contribution in [0.4, 0.5) is 0 Å². The number of likely N-dealkylation sites (tertiary alicyclic amines) is 1. The Balaban J connectivity index is 1.52. The van der Waals surface area contributed by atoms with Crippen LogP contribution in [0.2, 0.25) is 0 Å². The van der Waals surface area contributed by atoms with Crippen LogP contribution in [0.5, 0.6) is 0 Å². The monoisotopic (exact) mass is 294 g/mol. The fraction of sp³-hybridized carbons (Fsp3) is 0.294. The summed E-state index contributed by atoms with van der Waals surface area (Å²) in [5.41, 5.74) is 4.27. The molecular formula is C17H18N4O. The maximum Gasteiger partial charge on any atom is 0.255 e. The Morgan fingerprint density at radius 1 is 1.36 bits per heavy atom. The highest BCUT2D eigenvalue weighted by atomic mass is 16.2. The number of nitrogens with zero attached hydrogens (tertiary/aromatic N) is 3. The summed E-state index contributed by atoms with van der Waals surface area (Å²) < 4.78 is 2.09. The van der Waals surface area contributed by atoms with Crippen LogP contribution >= 0.6 is 0 Å². The van der Waals surface area contributed by atoms with Gasteiger partial charge < -0.3 is 14.3 Å². The number of H-pyrrole nitrogens is 1. The molecule has 1 amide bonds. The molecule has 0 aromatic carbocycles. The van der Waals surface area contributed by atoms with E-state index >= 15 is 0 Å². The molecule has 0 spiro atoms. The summed E-state index contributed by atoms with van der Waals surface area (Å²) in [4.78, 5) is 21.6. The van der Waals surface area contributed by atoms with E-state index in [1.165, 1.54) is 5.56 Å². The van der Waals surface area contributed by atoms with Crippen molar-refractivity contribution in [2.75, 3.05) is 13.1 Å². The molecule has 0 radical (unpaired) electrons. The number of nitrogens with one attached hydrogen (secondary N) is 1. The summed E-state index contributed by atoms with van der Waals surface area (Å²) >= 11 is 0. The van der Waals surface area contributed by atoms with Crippen LogP contribution in [-0.2, 0) is 6.42 Å². The first kappa shape index (κ1) is 13.1. The zero-order valence-electron chi connectivity index (χ0n) is 12.5. The molecule has 5 nitrogen and oxygen atoms in total. The molecular weight excluding hydrogens is 276 g/mol. The van der Waals surface area contributed by atoms with E-state index in [0.717, 1.165) is 36.3 Å². The number of carbonyl (C=O) groups is 1. The number of fused-ring (bicyclic) bond motifs is 1. The van der Waals surface area contributed by atoms with Crippen LogP contribution in [0, 0.1) is 0 Å². The van der Waals surface area contributed by atoms with Crippen molar-refractivity contribution in [3.8, 4) is 0 Å². The highest BCUT2D eigenvalue weighted by Gasteiger charge is 2.34. The smallest absolute Gasteiger partial charge is 0.255 e. The van der Waals surface area contributed by atoms with E-state index in [4.69, 9.17) is 0 Å². The van der Waals surface area contributed by atoms with Crippen molar-refractivity contribution in [1.82, 2.24) is 19.3 Å². The molecule has 0 unspecified atom stereocenters. The van der Waals surface area contributed by atoms with E-state index in [9.17, 15) is 4.79 Å². The lowest BCUT2D eigenvalue weighted by atomic mass is 9.94. The van der Waals surface area contributed by atoms with Crippen molar-refractivity contribution in [2.24, 2.45) is 0 Å². The maximum absolute atomic E-state index is 12.2. The van der Waals surface area contributed by atoms with Crippen molar-refractivity contribution in [1.29, 1.82) is 0 Å². The molecule has 0 bridgehead atoms. The Morgan fingerprint density at radius 3 is 2.95 bits per heavy atom. The fourth-order valence-electron chi connectivity index (χ4n) is 3.05. The average molecular weight is 294 g/mol. The Hall–Kier alpha value is -2.56. The van der Waals surface area contributed by atoms with Gasteiger partial charge in [-0.1, -0.05) is 13.0 Å². The molecule has 3 aromatic rings.